The molecule has 1 unspecified atom stereocenters. The number of fused-ring (bicyclic) bond motifs is 1. The molecule has 0 aliphatic rings. The van der Waals surface area contributed by atoms with Gasteiger partial charge in [0.05, 0.1) is 11.6 Å². The van der Waals surface area contributed by atoms with Gasteiger partial charge in [-0.3, -0.25) is 4.98 Å². The zero-order chi connectivity index (χ0) is 14.7. The predicted octanol–water partition coefficient (Wildman–Crippen LogP) is 4.03. The number of benzene rings is 2. The van der Waals surface area contributed by atoms with Crippen molar-refractivity contribution in [2.75, 3.05) is 0 Å². The lowest BCUT2D eigenvalue weighted by molar-refractivity contribution is 0.174. The molecular weight excluding hydrogens is 282 g/mol. The third-order valence-corrected chi connectivity index (χ3v) is 3.88. The summed E-state index contributed by atoms with van der Waals surface area (Å²) in [5.74, 6) is 0. The van der Waals surface area contributed by atoms with Crippen molar-refractivity contribution in [3.8, 4) is 0 Å². The number of rotatable bonds is 4. The molecule has 0 aliphatic heterocycles. The van der Waals surface area contributed by atoms with Gasteiger partial charge in [-0.25, -0.2) is 0 Å². The molecule has 0 radical (unpaired) electrons. The molecule has 0 aliphatic carbocycles. The Bertz CT molecular complexity index is 757. The minimum atomic E-state index is -0.487. The largest absolute Gasteiger partial charge is 0.392 e. The van der Waals surface area contributed by atoms with Crippen LogP contribution in [0.15, 0.2) is 60.7 Å². The van der Waals surface area contributed by atoms with E-state index in [4.69, 9.17) is 11.6 Å². The normalized spacial score (nSPS) is 12.5. The maximum Gasteiger partial charge on any atom is 0.0705 e. The topological polar surface area (TPSA) is 33.1 Å². The van der Waals surface area contributed by atoms with Crippen LogP contribution in [0.2, 0.25) is 5.02 Å². The van der Waals surface area contributed by atoms with Gasteiger partial charge in [0.25, 0.3) is 0 Å². The molecule has 0 saturated carbocycles. The molecule has 1 aromatic heterocycles. The molecule has 0 fully saturated rings. The minimum Gasteiger partial charge on any atom is -0.392 e. The summed E-state index contributed by atoms with van der Waals surface area (Å²) in [5.41, 5.74) is 2.82. The van der Waals surface area contributed by atoms with Crippen molar-refractivity contribution < 1.29 is 5.11 Å². The average Bonchev–Trinajstić information content (AvgIpc) is 2.49. The summed E-state index contributed by atoms with van der Waals surface area (Å²) in [5, 5.41) is 12.1. The van der Waals surface area contributed by atoms with E-state index < -0.39 is 6.10 Å². The van der Waals surface area contributed by atoms with Gasteiger partial charge in [0.1, 0.15) is 0 Å². The summed E-state index contributed by atoms with van der Waals surface area (Å²) >= 11 is 6.12. The summed E-state index contributed by atoms with van der Waals surface area (Å²) < 4.78 is 0. The van der Waals surface area contributed by atoms with E-state index in [1.807, 2.05) is 60.7 Å². The van der Waals surface area contributed by atoms with Crippen LogP contribution < -0.4 is 0 Å². The number of halogens is 1. The van der Waals surface area contributed by atoms with E-state index in [0.717, 1.165) is 22.2 Å². The smallest absolute Gasteiger partial charge is 0.0705 e. The van der Waals surface area contributed by atoms with Crippen molar-refractivity contribution in [3.05, 3.63) is 76.9 Å². The second kappa shape index (κ2) is 6.25. The first kappa shape index (κ1) is 14.1. The molecule has 2 nitrogen and oxygen atoms in total. The Labute approximate surface area is 129 Å². The highest BCUT2D eigenvalue weighted by molar-refractivity contribution is 6.31. The zero-order valence-corrected chi connectivity index (χ0v) is 12.3. The molecule has 3 rings (SSSR count). The molecule has 3 heteroatoms. The average molecular weight is 298 g/mol. The lowest BCUT2D eigenvalue weighted by Crippen LogP contribution is -2.15. The number of hydrogen-bond donors (Lipinski definition) is 1. The molecule has 0 amide bonds. The Hall–Kier alpha value is -1.90. The Morgan fingerprint density at radius 3 is 2.52 bits per heavy atom. The first-order valence-corrected chi connectivity index (χ1v) is 7.36. The van der Waals surface area contributed by atoms with Crippen molar-refractivity contribution in [1.29, 1.82) is 0 Å². The molecule has 106 valence electrons. The Morgan fingerprint density at radius 1 is 0.905 bits per heavy atom. The van der Waals surface area contributed by atoms with Crippen LogP contribution in [0.5, 0.6) is 0 Å². The van der Waals surface area contributed by atoms with Gasteiger partial charge in [0.15, 0.2) is 0 Å². The van der Waals surface area contributed by atoms with Gasteiger partial charge in [-0.1, -0.05) is 54.1 Å². The van der Waals surface area contributed by atoms with Crippen molar-refractivity contribution in [2.24, 2.45) is 0 Å². The predicted molar refractivity (Wildman–Crippen MR) is 86.6 cm³/mol. The van der Waals surface area contributed by atoms with Crippen LogP contribution in [0.25, 0.3) is 10.9 Å². The third-order valence-electron chi connectivity index (χ3n) is 3.51. The fraction of sp³-hybridized carbons (Fsp3) is 0.167. The fourth-order valence-electron chi connectivity index (χ4n) is 2.45. The monoisotopic (exact) mass is 297 g/mol. The van der Waals surface area contributed by atoms with Gasteiger partial charge in [-0.05, 0) is 23.8 Å². The highest BCUT2D eigenvalue weighted by Crippen LogP contribution is 2.18. The molecule has 0 saturated heterocycles. The van der Waals surface area contributed by atoms with E-state index >= 15 is 0 Å². The fourth-order valence-corrected chi connectivity index (χ4v) is 2.67. The van der Waals surface area contributed by atoms with Gasteiger partial charge in [0.2, 0.25) is 0 Å². The van der Waals surface area contributed by atoms with Crippen LogP contribution in [0.1, 0.15) is 11.3 Å². The van der Waals surface area contributed by atoms with E-state index in [1.54, 1.807) is 0 Å². The molecule has 0 bridgehead atoms. The highest BCUT2D eigenvalue weighted by atomic mass is 35.5. The van der Waals surface area contributed by atoms with Crippen LogP contribution in [0, 0.1) is 0 Å². The number of nitrogens with zero attached hydrogens (tertiary/aromatic N) is 1. The van der Waals surface area contributed by atoms with Crippen molar-refractivity contribution in [3.63, 3.8) is 0 Å². The zero-order valence-electron chi connectivity index (χ0n) is 11.5. The summed E-state index contributed by atoms with van der Waals surface area (Å²) in [6.45, 7) is 0. The number of aliphatic hydroxyl groups excluding tert-OH is 1. The van der Waals surface area contributed by atoms with Crippen LogP contribution in [-0.4, -0.2) is 16.2 Å². The Morgan fingerprint density at radius 2 is 1.67 bits per heavy atom. The maximum atomic E-state index is 10.3. The lowest BCUT2D eigenvalue weighted by atomic mass is 10.0. The summed E-state index contributed by atoms with van der Waals surface area (Å²) in [6.07, 6.45) is 0.572. The van der Waals surface area contributed by atoms with Gasteiger partial charge in [0, 0.05) is 28.9 Å². The van der Waals surface area contributed by atoms with Crippen LogP contribution in [-0.2, 0) is 12.8 Å². The molecule has 3 aromatic rings. The molecular formula is C18H16ClNO. The van der Waals surface area contributed by atoms with E-state index in [2.05, 4.69) is 4.98 Å². The quantitative estimate of drug-likeness (QED) is 0.788. The summed E-state index contributed by atoms with van der Waals surface area (Å²) in [7, 11) is 0. The van der Waals surface area contributed by atoms with E-state index in [0.29, 0.717) is 17.9 Å². The Kier molecular flexibility index (Phi) is 4.18. The molecule has 1 heterocycles. The number of hydrogen-bond acceptors (Lipinski definition) is 2. The molecule has 21 heavy (non-hydrogen) atoms. The van der Waals surface area contributed by atoms with Gasteiger partial charge in [-0.2, -0.15) is 0 Å². The maximum absolute atomic E-state index is 10.3. The van der Waals surface area contributed by atoms with Crippen molar-refractivity contribution in [2.45, 2.75) is 18.9 Å². The van der Waals surface area contributed by atoms with Crippen LogP contribution in [0.3, 0.4) is 0 Å². The number of para-hydroxylation sites is 1. The van der Waals surface area contributed by atoms with E-state index in [-0.39, 0.29) is 0 Å². The van der Waals surface area contributed by atoms with Gasteiger partial charge < -0.3 is 5.11 Å². The molecule has 0 spiro atoms. The third kappa shape index (κ3) is 3.41. The number of pyridine rings is 1. The number of aliphatic hydroxyl groups is 1. The van der Waals surface area contributed by atoms with Crippen molar-refractivity contribution >= 4 is 22.5 Å². The van der Waals surface area contributed by atoms with Gasteiger partial charge in [-0.15, -0.1) is 0 Å². The van der Waals surface area contributed by atoms with Crippen LogP contribution in [0.4, 0.5) is 0 Å². The van der Waals surface area contributed by atoms with E-state index in [9.17, 15) is 5.11 Å². The SMILES string of the molecule is OC(Cc1ccc2ccccc2n1)Cc1ccccc1Cl. The molecule has 1 N–H and O–H groups in total. The second-order valence-electron chi connectivity index (χ2n) is 5.15. The summed E-state index contributed by atoms with van der Waals surface area (Å²) in [4.78, 5) is 4.59. The van der Waals surface area contributed by atoms with Crippen LogP contribution >= 0.6 is 11.6 Å². The standard InChI is InChI=1S/C18H16ClNO/c19-17-7-3-1-6-14(17)11-16(21)12-15-10-9-13-5-2-4-8-18(13)20-15/h1-10,16,21H,11-12H2. The second-order valence-corrected chi connectivity index (χ2v) is 5.56. The highest BCUT2D eigenvalue weighted by Gasteiger charge is 2.10. The molecule has 2 aromatic carbocycles. The van der Waals surface area contributed by atoms with Crippen molar-refractivity contribution in [1.82, 2.24) is 4.98 Å². The Balaban J connectivity index is 1.74. The number of aromatic nitrogens is 1. The van der Waals surface area contributed by atoms with E-state index in [1.165, 1.54) is 0 Å². The minimum absolute atomic E-state index is 0.487. The molecule has 1 atom stereocenters. The van der Waals surface area contributed by atoms with Gasteiger partial charge >= 0.3 is 0 Å². The first-order chi connectivity index (χ1) is 10.2. The lowest BCUT2D eigenvalue weighted by Gasteiger charge is -2.12. The summed E-state index contributed by atoms with van der Waals surface area (Å²) in [6, 6.07) is 19.6. The first-order valence-electron chi connectivity index (χ1n) is 6.98.